The van der Waals surface area contributed by atoms with E-state index in [0.29, 0.717) is 0 Å². The number of carbonyl (C=O) groups excluding carboxylic acids is 2. The Balaban J connectivity index is 2.26. The van der Waals surface area contributed by atoms with Crippen LogP contribution in [-0.2, 0) is 4.79 Å². The molecule has 0 aliphatic rings. The van der Waals surface area contributed by atoms with Crippen LogP contribution in [0.1, 0.15) is 17.3 Å². The second-order valence-corrected chi connectivity index (χ2v) is 5.97. The maximum absolute atomic E-state index is 13.6. The molecule has 0 unspecified atom stereocenters. The normalized spacial score (nSPS) is 11.8. The number of carbonyl (C=O) groups is 2. The lowest BCUT2D eigenvalue weighted by atomic mass is 10.2. The molecule has 1 aromatic heterocycles. The van der Waals surface area contributed by atoms with Gasteiger partial charge in [-0.2, -0.15) is 0 Å². The Morgan fingerprint density at radius 3 is 2.67 bits per heavy atom. The highest BCUT2D eigenvalue weighted by atomic mass is 32.2. The summed E-state index contributed by atoms with van der Waals surface area (Å²) in [5.74, 6) is -3.28. The predicted molar refractivity (Wildman–Crippen MR) is 83.9 cm³/mol. The Kier molecular flexibility index (Phi) is 5.19. The second kappa shape index (κ2) is 7.13. The SMILES string of the molecule is C[C@@H](Sc1nc(N)c(NC(=O)c2ccccc2F)c(=O)[nH]1)C(=O)[O-]. The third kappa shape index (κ3) is 3.90. The van der Waals surface area contributed by atoms with Crippen LogP contribution in [0.15, 0.2) is 34.2 Å². The van der Waals surface area contributed by atoms with Gasteiger partial charge in [0.2, 0.25) is 0 Å². The van der Waals surface area contributed by atoms with Crippen molar-refractivity contribution in [3.05, 3.63) is 46.0 Å². The van der Waals surface area contributed by atoms with Crippen LogP contribution in [0.25, 0.3) is 0 Å². The number of rotatable bonds is 5. The number of anilines is 2. The van der Waals surface area contributed by atoms with Crippen molar-refractivity contribution in [3.63, 3.8) is 0 Å². The number of halogens is 1. The lowest BCUT2D eigenvalue weighted by molar-refractivity contribution is -0.304. The Bertz CT molecular complexity index is 855. The zero-order chi connectivity index (χ0) is 17.9. The number of H-pyrrole nitrogens is 1. The summed E-state index contributed by atoms with van der Waals surface area (Å²) in [5, 5.41) is 11.9. The molecule has 0 aliphatic heterocycles. The van der Waals surface area contributed by atoms with Crippen molar-refractivity contribution >= 4 is 35.1 Å². The summed E-state index contributed by atoms with van der Waals surface area (Å²) < 4.78 is 13.6. The smallest absolute Gasteiger partial charge is 0.277 e. The van der Waals surface area contributed by atoms with E-state index >= 15 is 0 Å². The lowest BCUT2D eigenvalue weighted by Gasteiger charge is -2.12. The molecule has 1 heterocycles. The molecule has 2 aromatic rings. The summed E-state index contributed by atoms with van der Waals surface area (Å²) in [4.78, 5) is 40.8. The number of aromatic nitrogens is 2. The van der Waals surface area contributed by atoms with E-state index in [2.05, 4.69) is 15.3 Å². The van der Waals surface area contributed by atoms with Crippen molar-refractivity contribution in [1.29, 1.82) is 0 Å². The summed E-state index contributed by atoms with van der Waals surface area (Å²) >= 11 is 0.725. The number of aromatic amines is 1. The molecule has 1 aromatic carbocycles. The van der Waals surface area contributed by atoms with Crippen LogP contribution in [0.2, 0.25) is 0 Å². The van der Waals surface area contributed by atoms with Gasteiger partial charge in [-0.1, -0.05) is 23.9 Å². The first kappa shape index (κ1) is 17.5. The van der Waals surface area contributed by atoms with E-state index in [1.165, 1.54) is 25.1 Å². The molecule has 0 spiro atoms. The summed E-state index contributed by atoms with van der Waals surface area (Å²) in [5.41, 5.74) is 4.21. The number of aliphatic carboxylic acids is 1. The van der Waals surface area contributed by atoms with E-state index in [1.54, 1.807) is 0 Å². The van der Waals surface area contributed by atoms with Crippen LogP contribution in [0.5, 0.6) is 0 Å². The molecule has 0 saturated heterocycles. The molecular formula is C14H12FN4O4S-. The highest BCUT2D eigenvalue weighted by Crippen LogP contribution is 2.21. The lowest BCUT2D eigenvalue weighted by Crippen LogP contribution is -2.32. The van der Waals surface area contributed by atoms with Gasteiger partial charge < -0.3 is 21.0 Å². The fourth-order valence-electron chi connectivity index (χ4n) is 1.69. The Morgan fingerprint density at radius 1 is 1.42 bits per heavy atom. The largest absolute Gasteiger partial charge is 0.549 e. The van der Waals surface area contributed by atoms with Crippen molar-refractivity contribution in [2.45, 2.75) is 17.3 Å². The molecule has 2 rings (SSSR count). The number of benzene rings is 1. The summed E-state index contributed by atoms with van der Waals surface area (Å²) in [6.45, 7) is 1.35. The first-order valence-corrected chi connectivity index (χ1v) is 7.50. The number of hydrogen-bond donors (Lipinski definition) is 3. The highest BCUT2D eigenvalue weighted by molar-refractivity contribution is 8.00. The number of nitrogen functional groups attached to an aromatic ring is 1. The van der Waals surface area contributed by atoms with Crippen LogP contribution >= 0.6 is 11.8 Å². The van der Waals surface area contributed by atoms with Crippen LogP contribution in [-0.4, -0.2) is 27.1 Å². The number of thioether (sulfide) groups is 1. The minimum atomic E-state index is -1.34. The molecular weight excluding hydrogens is 339 g/mol. The van der Waals surface area contributed by atoms with Gasteiger partial charge in [0, 0.05) is 5.25 Å². The molecule has 0 radical (unpaired) electrons. The molecule has 0 saturated carbocycles. The van der Waals surface area contributed by atoms with Crippen molar-refractivity contribution in [3.8, 4) is 0 Å². The molecule has 1 atom stereocenters. The van der Waals surface area contributed by atoms with Gasteiger partial charge in [-0.15, -0.1) is 0 Å². The van der Waals surface area contributed by atoms with E-state index in [1.807, 2.05) is 0 Å². The minimum Gasteiger partial charge on any atom is -0.549 e. The Morgan fingerprint density at radius 2 is 2.08 bits per heavy atom. The number of nitrogens with two attached hydrogens (primary N) is 1. The van der Waals surface area contributed by atoms with Gasteiger partial charge in [-0.3, -0.25) is 14.6 Å². The monoisotopic (exact) mass is 351 g/mol. The molecule has 0 bridgehead atoms. The average molecular weight is 351 g/mol. The van der Waals surface area contributed by atoms with Gasteiger partial charge in [-0.25, -0.2) is 9.37 Å². The molecule has 126 valence electrons. The molecule has 0 aliphatic carbocycles. The van der Waals surface area contributed by atoms with E-state index in [4.69, 9.17) is 5.73 Å². The van der Waals surface area contributed by atoms with Gasteiger partial charge >= 0.3 is 0 Å². The third-order valence-corrected chi connectivity index (χ3v) is 3.87. The van der Waals surface area contributed by atoms with Gasteiger partial charge in [0.15, 0.2) is 11.0 Å². The maximum Gasteiger partial charge on any atom is 0.277 e. The average Bonchev–Trinajstić information content (AvgIpc) is 2.51. The number of nitrogens with zero attached hydrogens (tertiary/aromatic N) is 1. The van der Waals surface area contributed by atoms with Crippen LogP contribution in [0.3, 0.4) is 0 Å². The van der Waals surface area contributed by atoms with Gasteiger partial charge in [0.1, 0.15) is 11.5 Å². The minimum absolute atomic E-state index is 0.0434. The highest BCUT2D eigenvalue weighted by Gasteiger charge is 2.17. The van der Waals surface area contributed by atoms with E-state index < -0.39 is 28.5 Å². The van der Waals surface area contributed by atoms with Crippen molar-refractivity contribution in [2.24, 2.45) is 0 Å². The standard InChI is InChI=1S/C14H13FN4O4S/c1-6(13(22)23)24-14-18-10(16)9(12(21)19-14)17-11(20)7-4-2-3-5-8(7)15/h2-6H,1H3,(H,17,20)(H,22,23)(H3,16,18,19,21)/p-1/t6-/m1/s1. The zero-order valence-corrected chi connectivity index (χ0v) is 13.1. The topological polar surface area (TPSA) is 141 Å². The predicted octanol–water partition coefficient (Wildman–Crippen LogP) is -0.0260. The summed E-state index contributed by atoms with van der Waals surface area (Å²) in [6, 6.07) is 5.22. The Labute approximate surface area is 139 Å². The number of hydrogen-bond acceptors (Lipinski definition) is 7. The maximum atomic E-state index is 13.6. The van der Waals surface area contributed by atoms with Gasteiger partial charge in [0.05, 0.1) is 11.5 Å². The fraction of sp³-hybridized carbons (Fsp3) is 0.143. The molecule has 4 N–H and O–H groups in total. The van der Waals surface area contributed by atoms with E-state index in [0.717, 1.165) is 17.8 Å². The van der Waals surface area contributed by atoms with E-state index in [9.17, 15) is 23.9 Å². The van der Waals surface area contributed by atoms with E-state index in [-0.39, 0.29) is 22.2 Å². The molecule has 8 nitrogen and oxygen atoms in total. The molecule has 1 amide bonds. The number of nitrogens with one attached hydrogen (secondary N) is 2. The third-order valence-electron chi connectivity index (χ3n) is 2.90. The molecule has 0 fully saturated rings. The summed E-state index contributed by atoms with van der Waals surface area (Å²) in [6.07, 6.45) is 0. The first-order valence-electron chi connectivity index (χ1n) is 6.62. The van der Waals surface area contributed by atoms with Crippen LogP contribution in [0.4, 0.5) is 15.9 Å². The zero-order valence-electron chi connectivity index (χ0n) is 12.3. The summed E-state index contributed by atoms with van der Waals surface area (Å²) in [7, 11) is 0. The van der Waals surface area contributed by atoms with Gasteiger partial charge in [-0.05, 0) is 19.1 Å². The second-order valence-electron chi connectivity index (χ2n) is 4.64. The number of amides is 1. The first-order chi connectivity index (χ1) is 11.3. The Hall–Kier alpha value is -2.88. The molecule has 24 heavy (non-hydrogen) atoms. The fourth-order valence-corrected chi connectivity index (χ4v) is 2.42. The number of carboxylic acids is 1. The van der Waals surface area contributed by atoms with Crippen LogP contribution < -0.4 is 21.7 Å². The molecule has 10 heteroatoms. The van der Waals surface area contributed by atoms with Crippen molar-refractivity contribution in [2.75, 3.05) is 11.1 Å². The van der Waals surface area contributed by atoms with Gasteiger partial charge in [0.25, 0.3) is 11.5 Å². The van der Waals surface area contributed by atoms with Crippen molar-refractivity contribution < 1.29 is 19.1 Å². The van der Waals surface area contributed by atoms with Crippen molar-refractivity contribution in [1.82, 2.24) is 9.97 Å². The quantitative estimate of drug-likeness (QED) is 0.507. The van der Waals surface area contributed by atoms with Crippen LogP contribution in [0, 0.1) is 5.82 Å². The number of carboxylic acid groups (broad SMARTS) is 1.